The average Bonchev–Trinajstić information content (AvgIpc) is 3.76. The molecule has 0 saturated carbocycles. The summed E-state index contributed by atoms with van der Waals surface area (Å²) in [4.78, 5) is 14.7. The van der Waals surface area contributed by atoms with Gasteiger partial charge in [0.2, 0.25) is 0 Å². The maximum Gasteiger partial charge on any atom is 0.164 e. The fourth-order valence-corrected chi connectivity index (χ4v) is 6.89. The van der Waals surface area contributed by atoms with E-state index in [0.29, 0.717) is 17.5 Å². The summed E-state index contributed by atoms with van der Waals surface area (Å²) in [6, 6.07) is 55.9. The van der Waals surface area contributed by atoms with Gasteiger partial charge in [-0.1, -0.05) is 127 Å². The number of hydrogen-bond donors (Lipinski definition) is 0. The molecule has 3 heterocycles. The van der Waals surface area contributed by atoms with E-state index in [1.807, 2.05) is 84.9 Å². The van der Waals surface area contributed by atoms with E-state index >= 15 is 0 Å². The summed E-state index contributed by atoms with van der Waals surface area (Å²) in [6.45, 7) is 0. The lowest BCUT2D eigenvalue weighted by molar-refractivity contribution is 0.668. The van der Waals surface area contributed by atoms with Crippen LogP contribution in [0.4, 0.5) is 0 Å². The van der Waals surface area contributed by atoms with Gasteiger partial charge in [0.25, 0.3) is 0 Å². The van der Waals surface area contributed by atoms with Crippen LogP contribution >= 0.6 is 0 Å². The van der Waals surface area contributed by atoms with Gasteiger partial charge in [0, 0.05) is 38.2 Å². The lowest BCUT2D eigenvalue weighted by atomic mass is 9.96. The third-order valence-corrected chi connectivity index (χ3v) is 9.36. The Hall–Kier alpha value is -6.85. The van der Waals surface area contributed by atoms with E-state index in [-0.39, 0.29) is 0 Å². The number of benzene rings is 7. The van der Waals surface area contributed by atoms with Gasteiger partial charge in [0.05, 0.1) is 0 Å². The Kier molecular flexibility index (Phi) is 6.42. The van der Waals surface area contributed by atoms with Crippen molar-refractivity contribution in [3.05, 3.63) is 164 Å². The molecule has 0 aliphatic carbocycles. The molecule has 0 atom stereocenters. The van der Waals surface area contributed by atoms with Crippen LogP contribution in [0.15, 0.2) is 173 Å². The highest BCUT2D eigenvalue weighted by molar-refractivity contribution is 6.13. The standard InChI is InChI=1S/C45H27N3O2/c1-3-10-30(11-4-1)43-46-44(31-12-5-2-6-13-31)48-45(47-43)33-22-24-36-41(27-33)50-40-17-9-15-34(42(36)40)29-20-18-28(19-21-29)32-23-25-39-37(26-32)35-14-7-8-16-38(35)49-39/h1-27H. The third kappa shape index (κ3) is 4.75. The van der Waals surface area contributed by atoms with E-state index in [0.717, 1.165) is 82.8 Å². The average molecular weight is 642 g/mol. The fraction of sp³-hybridized carbons (Fsp3) is 0. The second-order valence-electron chi connectivity index (χ2n) is 12.4. The maximum atomic E-state index is 6.49. The van der Waals surface area contributed by atoms with Crippen LogP contribution in [-0.4, -0.2) is 15.0 Å². The van der Waals surface area contributed by atoms with E-state index in [2.05, 4.69) is 78.9 Å². The van der Waals surface area contributed by atoms with Crippen molar-refractivity contribution < 1.29 is 8.83 Å². The second kappa shape index (κ2) is 11.4. The highest BCUT2D eigenvalue weighted by atomic mass is 16.3. The van der Waals surface area contributed by atoms with Gasteiger partial charge in [-0.2, -0.15) is 0 Å². The van der Waals surface area contributed by atoms with Crippen molar-refractivity contribution in [3.63, 3.8) is 0 Å². The first-order chi connectivity index (χ1) is 24.7. The molecule has 0 unspecified atom stereocenters. The lowest BCUT2D eigenvalue weighted by Gasteiger charge is -2.08. The van der Waals surface area contributed by atoms with Gasteiger partial charge >= 0.3 is 0 Å². The molecule has 3 aromatic heterocycles. The Labute approximate surface area is 287 Å². The van der Waals surface area contributed by atoms with Crippen LogP contribution in [0.1, 0.15) is 0 Å². The summed E-state index contributed by atoms with van der Waals surface area (Å²) >= 11 is 0. The summed E-state index contributed by atoms with van der Waals surface area (Å²) in [6.07, 6.45) is 0. The van der Waals surface area contributed by atoms with Gasteiger partial charge < -0.3 is 8.83 Å². The Balaban J connectivity index is 1.04. The molecule has 234 valence electrons. The summed E-state index contributed by atoms with van der Waals surface area (Å²) in [5, 5.41) is 4.38. The van der Waals surface area contributed by atoms with Crippen molar-refractivity contribution in [1.29, 1.82) is 0 Å². The number of furan rings is 2. The molecule has 0 bridgehead atoms. The fourth-order valence-electron chi connectivity index (χ4n) is 6.89. The number of para-hydroxylation sites is 1. The van der Waals surface area contributed by atoms with Gasteiger partial charge in [-0.3, -0.25) is 0 Å². The van der Waals surface area contributed by atoms with Gasteiger partial charge in [0.1, 0.15) is 22.3 Å². The van der Waals surface area contributed by atoms with Crippen molar-refractivity contribution in [2.75, 3.05) is 0 Å². The normalized spacial score (nSPS) is 11.6. The van der Waals surface area contributed by atoms with Crippen molar-refractivity contribution in [3.8, 4) is 56.4 Å². The summed E-state index contributed by atoms with van der Waals surface area (Å²) in [5.74, 6) is 1.85. The van der Waals surface area contributed by atoms with Crippen LogP contribution in [-0.2, 0) is 0 Å². The first kappa shape index (κ1) is 28.2. The van der Waals surface area contributed by atoms with Crippen molar-refractivity contribution >= 4 is 43.9 Å². The number of aromatic nitrogens is 3. The first-order valence-corrected chi connectivity index (χ1v) is 16.6. The molecule has 10 aromatic rings. The van der Waals surface area contributed by atoms with E-state index in [1.54, 1.807) is 0 Å². The smallest absolute Gasteiger partial charge is 0.164 e. The number of rotatable bonds is 5. The Bertz CT molecular complexity index is 2800. The van der Waals surface area contributed by atoms with Gasteiger partial charge in [-0.15, -0.1) is 0 Å². The Morgan fingerprint density at radius 1 is 0.300 bits per heavy atom. The van der Waals surface area contributed by atoms with E-state index in [1.165, 1.54) is 0 Å². The molecule has 5 heteroatoms. The molecule has 7 aromatic carbocycles. The predicted octanol–water partition coefficient (Wildman–Crippen LogP) is 12.0. The molecule has 5 nitrogen and oxygen atoms in total. The molecule has 0 aliphatic rings. The zero-order valence-corrected chi connectivity index (χ0v) is 26.7. The zero-order valence-electron chi connectivity index (χ0n) is 26.7. The predicted molar refractivity (Wildman–Crippen MR) is 202 cm³/mol. The van der Waals surface area contributed by atoms with Crippen LogP contribution in [0.2, 0.25) is 0 Å². The monoisotopic (exact) mass is 641 g/mol. The van der Waals surface area contributed by atoms with E-state index in [4.69, 9.17) is 23.8 Å². The molecular formula is C45H27N3O2. The van der Waals surface area contributed by atoms with Crippen LogP contribution in [0.3, 0.4) is 0 Å². The topological polar surface area (TPSA) is 65.0 Å². The Morgan fingerprint density at radius 3 is 1.60 bits per heavy atom. The minimum Gasteiger partial charge on any atom is -0.456 e. The molecule has 0 spiro atoms. The molecule has 0 fully saturated rings. The largest absolute Gasteiger partial charge is 0.456 e. The minimum atomic E-state index is 0.595. The highest BCUT2D eigenvalue weighted by Crippen LogP contribution is 2.39. The molecule has 0 saturated heterocycles. The molecule has 0 amide bonds. The van der Waals surface area contributed by atoms with Crippen molar-refractivity contribution in [2.45, 2.75) is 0 Å². The summed E-state index contributed by atoms with van der Waals surface area (Å²) < 4.78 is 12.5. The van der Waals surface area contributed by atoms with Crippen LogP contribution in [0.5, 0.6) is 0 Å². The molecular weight excluding hydrogens is 615 g/mol. The summed E-state index contributed by atoms with van der Waals surface area (Å²) in [5.41, 5.74) is 10.7. The quantitative estimate of drug-likeness (QED) is 0.187. The van der Waals surface area contributed by atoms with Gasteiger partial charge in [-0.25, -0.2) is 15.0 Å². The number of fused-ring (bicyclic) bond motifs is 6. The van der Waals surface area contributed by atoms with E-state index in [9.17, 15) is 0 Å². The first-order valence-electron chi connectivity index (χ1n) is 16.6. The number of hydrogen-bond acceptors (Lipinski definition) is 5. The second-order valence-corrected chi connectivity index (χ2v) is 12.4. The Morgan fingerprint density at radius 2 is 0.860 bits per heavy atom. The van der Waals surface area contributed by atoms with Crippen molar-refractivity contribution in [2.24, 2.45) is 0 Å². The maximum absolute atomic E-state index is 6.49. The van der Waals surface area contributed by atoms with Crippen molar-refractivity contribution in [1.82, 2.24) is 15.0 Å². The van der Waals surface area contributed by atoms with Crippen LogP contribution in [0, 0.1) is 0 Å². The van der Waals surface area contributed by atoms with Crippen LogP contribution in [0.25, 0.3) is 100 Å². The number of nitrogens with zero attached hydrogens (tertiary/aromatic N) is 3. The molecule has 10 rings (SSSR count). The molecule has 0 radical (unpaired) electrons. The van der Waals surface area contributed by atoms with Gasteiger partial charge in [-0.05, 0) is 58.7 Å². The minimum absolute atomic E-state index is 0.595. The van der Waals surface area contributed by atoms with Crippen LogP contribution < -0.4 is 0 Å². The SMILES string of the molecule is c1ccc(-c2nc(-c3ccccc3)nc(-c3ccc4c(c3)oc3cccc(-c5ccc(-c6ccc7oc8ccccc8c7c6)cc5)c34)n2)cc1. The zero-order chi connectivity index (χ0) is 33.0. The summed E-state index contributed by atoms with van der Waals surface area (Å²) in [7, 11) is 0. The van der Waals surface area contributed by atoms with Gasteiger partial charge in [0.15, 0.2) is 17.5 Å². The lowest BCUT2D eigenvalue weighted by Crippen LogP contribution is -2.00. The highest BCUT2D eigenvalue weighted by Gasteiger charge is 2.17. The third-order valence-electron chi connectivity index (χ3n) is 9.36. The molecule has 50 heavy (non-hydrogen) atoms. The molecule has 0 aliphatic heterocycles. The molecule has 0 N–H and O–H groups in total. The van der Waals surface area contributed by atoms with E-state index < -0.39 is 0 Å².